The number of rotatable bonds is 6. The Labute approximate surface area is 114 Å². The summed E-state index contributed by atoms with van der Waals surface area (Å²) in [5.41, 5.74) is 1.63. The summed E-state index contributed by atoms with van der Waals surface area (Å²) in [4.78, 5) is 3.18. The summed E-state index contributed by atoms with van der Waals surface area (Å²) in [5, 5.41) is 7.22. The van der Waals surface area contributed by atoms with Crippen LogP contribution in [0.5, 0.6) is 0 Å². The molecule has 3 heteroatoms. The molecular formula is C15H24N2S. The van der Waals surface area contributed by atoms with Crippen molar-refractivity contribution in [3.05, 3.63) is 21.4 Å². The highest BCUT2D eigenvalue weighted by Crippen LogP contribution is 2.29. The molecule has 1 aromatic rings. The third kappa shape index (κ3) is 3.34. The molecule has 1 saturated carbocycles. The molecule has 0 radical (unpaired) electrons. The smallest absolute Gasteiger partial charge is 0.0302 e. The van der Waals surface area contributed by atoms with E-state index >= 15 is 0 Å². The highest BCUT2D eigenvalue weighted by molar-refractivity contribution is 7.12. The third-order valence-corrected chi connectivity index (χ3v) is 5.20. The fourth-order valence-corrected chi connectivity index (χ4v) is 3.83. The quantitative estimate of drug-likeness (QED) is 0.825. The van der Waals surface area contributed by atoms with E-state index in [0.29, 0.717) is 6.04 Å². The van der Waals surface area contributed by atoms with Gasteiger partial charge in [-0.3, -0.25) is 0 Å². The maximum atomic E-state index is 3.64. The fraction of sp³-hybridized carbons (Fsp3) is 0.733. The van der Waals surface area contributed by atoms with E-state index in [9.17, 15) is 0 Å². The zero-order valence-corrected chi connectivity index (χ0v) is 12.1. The molecule has 2 N–H and O–H groups in total. The van der Waals surface area contributed by atoms with Crippen molar-refractivity contribution in [2.45, 2.75) is 64.1 Å². The average molecular weight is 264 g/mol. The molecule has 0 aromatic carbocycles. The minimum atomic E-state index is 0.574. The molecule has 2 nitrogen and oxygen atoms in total. The zero-order chi connectivity index (χ0) is 12.4. The van der Waals surface area contributed by atoms with Gasteiger partial charge in [-0.1, -0.05) is 0 Å². The summed E-state index contributed by atoms with van der Waals surface area (Å²) < 4.78 is 0. The third-order valence-electron chi connectivity index (χ3n) is 3.96. The predicted octanol–water partition coefficient (Wildman–Crippen LogP) is 2.86. The molecule has 0 saturated heterocycles. The van der Waals surface area contributed by atoms with Crippen LogP contribution < -0.4 is 10.6 Å². The van der Waals surface area contributed by atoms with E-state index in [4.69, 9.17) is 0 Å². The second-order valence-corrected chi connectivity index (χ2v) is 7.05. The van der Waals surface area contributed by atoms with Gasteiger partial charge in [0.25, 0.3) is 0 Å². The van der Waals surface area contributed by atoms with Crippen molar-refractivity contribution in [1.82, 2.24) is 10.6 Å². The molecule has 0 bridgehead atoms. The molecule has 1 atom stereocenters. The maximum Gasteiger partial charge on any atom is 0.0302 e. The Kier molecular flexibility index (Phi) is 4.02. The number of hydrogen-bond acceptors (Lipinski definition) is 3. The molecule has 100 valence electrons. The van der Waals surface area contributed by atoms with Crippen LogP contribution >= 0.6 is 11.3 Å². The van der Waals surface area contributed by atoms with Gasteiger partial charge in [0.05, 0.1) is 0 Å². The van der Waals surface area contributed by atoms with E-state index < -0.39 is 0 Å². The minimum absolute atomic E-state index is 0.574. The lowest BCUT2D eigenvalue weighted by molar-refractivity contribution is 0.502. The lowest BCUT2D eigenvalue weighted by Crippen LogP contribution is -2.36. The van der Waals surface area contributed by atoms with Gasteiger partial charge >= 0.3 is 0 Å². The molecule has 0 amide bonds. The van der Waals surface area contributed by atoms with Crippen LogP contribution in [0.3, 0.4) is 0 Å². The Bertz CT molecular complexity index is 372. The SMILES string of the molecule is CC(CNC1CC1)NCc1cc2c(s1)CCCC2. The molecule has 3 rings (SSSR count). The summed E-state index contributed by atoms with van der Waals surface area (Å²) in [6.45, 7) is 4.43. The average Bonchev–Trinajstić information content (AvgIpc) is 3.11. The number of nitrogens with one attached hydrogen (secondary N) is 2. The normalized spacial score (nSPS) is 20.7. The van der Waals surface area contributed by atoms with Gasteiger partial charge in [0.15, 0.2) is 0 Å². The second kappa shape index (κ2) is 5.72. The van der Waals surface area contributed by atoms with E-state index in [1.165, 1.54) is 43.4 Å². The summed E-state index contributed by atoms with van der Waals surface area (Å²) in [7, 11) is 0. The molecular weight excluding hydrogens is 240 g/mol. The van der Waals surface area contributed by atoms with Gasteiger partial charge in [0, 0.05) is 34.9 Å². The largest absolute Gasteiger partial charge is 0.312 e. The van der Waals surface area contributed by atoms with Crippen molar-refractivity contribution in [3.63, 3.8) is 0 Å². The number of aryl methyl sites for hydroxylation is 2. The second-order valence-electron chi connectivity index (χ2n) is 5.83. The van der Waals surface area contributed by atoms with Crippen molar-refractivity contribution < 1.29 is 0 Å². The number of fused-ring (bicyclic) bond motifs is 1. The Morgan fingerprint density at radius 3 is 2.94 bits per heavy atom. The van der Waals surface area contributed by atoms with E-state index in [2.05, 4.69) is 23.6 Å². The first kappa shape index (κ1) is 12.6. The lowest BCUT2D eigenvalue weighted by Gasteiger charge is -2.13. The van der Waals surface area contributed by atoms with Crippen LogP contribution in [-0.2, 0) is 19.4 Å². The molecule has 0 aliphatic heterocycles. The van der Waals surface area contributed by atoms with E-state index in [0.717, 1.165) is 19.1 Å². The van der Waals surface area contributed by atoms with Gasteiger partial charge in [-0.05, 0) is 57.1 Å². The summed E-state index contributed by atoms with van der Waals surface area (Å²) >= 11 is 2.03. The van der Waals surface area contributed by atoms with E-state index in [-0.39, 0.29) is 0 Å². The topological polar surface area (TPSA) is 24.1 Å². The van der Waals surface area contributed by atoms with Gasteiger partial charge in [-0.2, -0.15) is 0 Å². The van der Waals surface area contributed by atoms with Crippen LogP contribution in [0.1, 0.15) is 47.9 Å². The standard InChI is InChI=1S/C15H24N2S/c1-11(9-17-13-6-7-13)16-10-14-8-12-4-2-3-5-15(12)18-14/h8,11,13,16-17H,2-7,9-10H2,1H3. The van der Waals surface area contributed by atoms with Crippen LogP contribution in [0.25, 0.3) is 0 Å². The van der Waals surface area contributed by atoms with Gasteiger partial charge in [-0.15, -0.1) is 11.3 Å². The Hall–Kier alpha value is -0.380. The maximum absolute atomic E-state index is 3.64. The Balaban J connectivity index is 1.45. The number of thiophene rings is 1. The van der Waals surface area contributed by atoms with E-state index in [1.54, 1.807) is 10.4 Å². The van der Waals surface area contributed by atoms with Crippen molar-refractivity contribution in [2.24, 2.45) is 0 Å². The highest BCUT2D eigenvalue weighted by atomic mass is 32.1. The monoisotopic (exact) mass is 264 g/mol. The van der Waals surface area contributed by atoms with Crippen molar-refractivity contribution in [1.29, 1.82) is 0 Å². The van der Waals surface area contributed by atoms with Crippen LogP contribution in [0.4, 0.5) is 0 Å². The van der Waals surface area contributed by atoms with Gasteiger partial charge < -0.3 is 10.6 Å². The first-order chi connectivity index (χ1) is 8.81. The molecule has 2 aliphatic rings. The summed E-state index contributed by atoms with van der Waals surface area (Å²) in [5.74, 6) is 0. The molecule has 0 spiro atoms. The Morgan fingerprint density at radius 2 is 2.17 bits per heavy atom. The zero-order valence-electron chi connectivity index (χ0n) is 11.3. The molecule has 18 heavy (non-hydrogen) atoms. The Morgan fingerprint density at radius 1 is 1.33 bits per heavy atom. The van der Waals surface area contributed by atoms with Crippen molar-refractivity contribution in [2.75, 3.05) is 6.54 Å². The van der Waals surface area contributed by atoms with Crippen molar-refractivity contribution in [3.8, 4) is 0 Å². The molecule has 1 fully saturated rings. The van der Waals surface area contributed by atoms with Gasteiger partial charge in [-0.25, -0.2) is 0 Å². The number of hydrogen-bond donors (Lipinski definition) is 2. The molecule has 1 unspecified atom stereocenters. The first-order valence-electron chi connectivity index (χ1n) is 7.38. The van der Waals surface area contributed by atoms with Crippen LogP contribution in [0.2, 0.25) is 0 Å². The van der Waals surface area contributed by atoms with E-state index in [1.807, 2.05) is 11.3 Å². The lowest BCUT2D eigenvalue weighted by atomic mass is 9.99. The van der Waals surface area contributed by atoms with Crippen LogP contribution in [-0.4, -0.2) is 18.6 Å². The molecule has 1 heterocycles. The predicted molar refractivity (Wildman–Crippen MR) is 78.3 cm³/mol. The summed E-state index contributed by atoms with van der Waals surface area (Å²) in [6.07, 6.45) is 8.17. The van der Waals surface area contributed by atoms with Crippen LogP contribution in [0, 0.1) is 0 Å². The fourth-order valence-electron chi connectivity index (χ4n) is 2.62. The van der Waals surface area contributed by atoms with Crippen molar-refractivity contribution >= 4 is 11.3 Å². The van der Waals surface area contributed by atoms with Crippen LogP contribution in [0.15, 0.2) is 6.07 Å². The van der Waals surface area contributed by atoms with Gasteiger partial charge in [0.2, 0.25) is 0 Å². The van der Waals surface area contributed by atoms with Gasteiger partial charge in [0.1, 0.15) is 0 Å². The first-order valence-corrected chi connectivity index (χ1v) is 8.20. The molecule has 2 aliphatic carbocycles. The minimum Gasteiger partial charge on any atom is -0.312 e. The molecule has 1 aromatic heterocycles. The summed E-state index contributed by atoms with van der Waals surface area (Å²) in [6, 6.07) is 3.83. The highest BCUT2D eigenvalue weighted by Gasteiger charge is 2.20.